The molecule has 1 saturated heterocycles. The number of hydrogen-bond donors (Lipinski definition) is 3. The average molecular weight is 420 g/mol. The van der Waals surface area contributed by atoms with Gasteiger partial charge in [0.25, 0.3) is 0 Å². The van der Waals surface area contributed by atoms with Gasteiger partial charge in [-0.25, -0.2) is 13.5 Å². The van der Waals surface area contributed by atoms with Crippen LogP contribution < -0.4 is 10.6 Å². The van der Waals surface area contributed by atoms with E-state index < -0.39 is 38.7 Å². The predicted octanol–water partition coefficient (Wildman–Crippen LogP) is 0.370. The van der Waals surface area contributed by atoms with Gasteiger partial charge in [0.15, 0.2) is 0 Å². The lowest BCUT2D eigenvalue weighted by atomic mass is 10.2. The third kappa shape index (κ3) is 3.73. The van der Waals surface area contributed by atoms with E-state index in [0.29, 0.717) is 12.1 Å². The first-order valence-electron chi connectivity index (χ1n) is 7.85. The van der Waals surface area contributed by atoms with Crippen molar-refractivity contribution in [2.24, 2.45) is 0 Å². The van der Waals surface area contributed by atoms with Gasteiger partial charge in [-0.05, 0) is 24.3 Å². The second kappa shape index (κ2) is 6.94. The van der Waals surface area contributed by atoms with E-state index >= 15 is 0 Å². The monoisotopic (exact) mass is 420 g/mol. The van der Waals surface area contributed by atoms with Crippen LogP contribution in [0, 0.1) is 0 Å². The van der Waals surface area contributed by atoms with Gasteiger partial charge < -0.3 is 15.7 Å². The maximum absolute atomic E-state index is 12.8. The molecule has 1 aromatic carbocycles. The minimum absolute atomic E-state index is 0.0154. The number of carboxylic acid groups (broad SMARTS) is 1. The Hall–Kier alpha value is -2.87. The second-order valence-electron chi connectivity index (χ2n) is 5.96. The molecule has 1 atom stereocenters. The normalized spacial score (nSPS) is 19.0. The van der Waals surface area contributed by atoms with Crippen molar-refractivity contribution in [1.29, 1.82) is 0 Å². The van der Waals surface area contributed by atoms with Gasteiger partial charge in [-0.15, -0.1) is 5.10 Å². The maximum atomic E-state index is 12.8. The van der Waals surface area contributed by atoms with Gasteiger partial charge in [0, 0.05) is 19.6 Å². The number of aromatic amines is 1. The number of alkyl halides is 3. The Kier molecular flexibility index (Phi) is 4.93. The van der Waals surface area contributed by atoms with Crippen LogP contribution in [-0.4, -0.2) is 64.7 Å². The van der Waals surface area contributed by atoms with Crippen LogP contribution in [0.2, 0.25) is 0 Å². The van der Waals surface area contributed by atoms with E-state index in [1.807, 2.05) is 0 Å². The van der Waals surface area contributed by atoms with Gasteiger partial charge >= 0.3 is 12.1 Å². The molecule has 0 amide bonds. The lowest BCUT2D eigenvalue weighted by molar-refractivity contribution is -0.141. The van der Waals surface area contributed by atoms with Crippen molar-refractivity contribution in [2.75, 3.05) is 30.3 Å². The molecule has 3 rings (SSSR count). The number of nitrogens with zero attached hydrogens (tertiary/aromatic N) is 4. The Morgan fingerprint density at radius 1 is 1.25 bits per heavy atom. The summed E-state index contributed by atoms with van der Waals surface area (Å²) in [6, 6.07) is 1.39. The smallest absolute Gasteiger partial charge is 0.416 e. The SMILES string of the molecule is Nc1nc(N2CCN(S(=O)(=O)c3ccc(C(F)(F)F)cc3)[C@@H](C(=O)O)C2)n[nH]1. The molecular weight excluding hydrogens is 405 g/mol. The van der Waals surface area contributed by atoms with E-state index in [-0.39, 0.29) is 31.5 Å². The van der Waals surface area contributed by atoms with Crippen LogP contribution in [0.4, 0.5) is 25.1 Å². The van der Waals surface area contributed by atoms with E-state index in [0.717, 1.165) is 16.4 Å². The van der Waals surface area contributed by atoms with E-state index in [4.69, 9.17) is 5.73 Å². The van der Waals surface area contributed by atoms with Crippen LogP contribution in [0.15, 0.2) is 29.2 Å². The zero-order chi connectivity index (χ0) is 20.7. The van der Waals surface area contributed by atoms with E-state index in [9.17, 15) is 31.5 Å². The molecule has 0 spiro atoms. The number of nitrogen functional groups attached to an aromatic ring is 1. The Bertz CT molecular complexity index is 976. The van der Waals surface area contributed by atoms with Gasteiger partial charge in [-0.2, -0.15) is 22.5 Å². The van der Waals surface area contributed by atoms with E-state index in [1.165, 1.54) is 4.90 Å². The lowest BCUT2D eigenvalue weighted by Gasteiger charge is -2.37. The predicted molar refractivity (Wildman–Crippen MR) is 89.8 cm³/mol. The van der Waals surface area contributed by atoms with Crippen molar-refractivity contribution in [3.63, 3.8) is 0 Å². The van der Waals surface area contributed by atoms with Crippen molar-refractivity contribution in [1.82, 2.24) is 19.5 Å². The van der Waals surface area contributed by atoms with Crippen molar-refractivity contribution >= 4 is 27.9 Å². The molecule has 1 aliphatic heterocycles. The van der Waals surface area contributed by atoms with Crippen LogP contribution in [0.3, 0.4) is 0 Å². The topological polar surface area (TPSA) is 146 Å². The quantitative estimate of drug-likeness (QED) is 0.643. The van der Waals surface area contributed by atoms with Gasteiger partial charge in [0.2, 0.25) is 21.9 Å². The molecule has 1 aromatic heterocycles. The van der Waals surface area contributed by atoms with E-state index in [1.54, 1.807) is 0 Å². The summed E-state index contributed by atoms with van der Waals surface area (Å²) >= 11 is 0. The molecule has 0 saturated carbocycles. The molecule has 0 radical (unpaired) electrons. The highest BCUT2D eigenvalue weighted by atomic mass is 32.2. The number of nitrogens with two attached hydrogens (primary N) is 1. The standard InChI is InChI=1S/C14H15F3N6O4S/c15-14(16,17)8-1-3-9(4-2-8)28(26,27)23-6-5-22(7-10(23)11(24)25)13-19-12(18)20-21-13/h1-4,10H,5-7H2,(H,24,25)(H3,18,19,20,21)/t10-/m1/s1. The number of piperazine rings is 1. The van der Waals surface area contributed by atoms with Gasteiger partial charge in [-0.3, -0.25) is 4.79 Å². The number of carbonyl (C=O) groups is 1. The number of rotatable bonds is 4. The molecule has 14 heteroatoms. The number of H-pyrrole nitrogens is 1. The lowest BCUT2D eigenvalue weighted by Crippen LogP contribution is -2.58. The highest BCUT2D eigenvalue weighted by Crippen LogP contribution is 2.31. The second-order valence-corrected chi connectivity index (χ2v) is 7.85. The number of sulfonamides is 1. The number of hydrogen-bond acceptors (Lipinski definition) is 7. The summed E-state index contributed by atoms with van der Waals surface area (Å²) in [5.41, 5.74) is 4.43. The third-order valence-electron chi connectivity index (χ3n) is 4.18. The van der Waals surface area contributed by atoms with Crippen molar-refractivity contribution < 1.29 is 31.5 Å². The highest BCUT2D eigenvalue weighted by molar-refractivity contribution is 7.89. The molecule has 2 aromatic rings. The Labute approximate surface area is 156 Å². The van der Waals surface area contributed by atoms with Crippen LogP contribution in [0.1, 0.15) is 5.56 Å². The van der Waals surface area contributed by atoms with E-state index in [2.05, 4.69) is 15.2 Å². The summed E-state index contributed by atoms with van der Waals surface area (Å²) in [6.07, 6.45) is -4.62. The maximum Gasteiger partial charge on any atom is 0.416 e. The minimum atomic E-state index is -4.62. The van der Waals surface area contributed by atoms with Gasteiger partial charge in [0.05, 0.1) is 10.5 Å². The van der Waals surface area contributed by atoms with Gasteiger partial charge in [-0.1, -0.05) is 0 Å². The molecule has 0 bridgehead atoms. The molecule has 1 fully saturated rings. The van der Waals surface area contributed by atoms with Crippen LogP contribution in [-0.2, 0) is 21.0 Å². The highest BCUT2D eigenvalue weighted by Gasteiger charge is 2.41. The molecule has 0 unspecified atom stereocenters. The van der Waals surface area contributed by atoms with Crippen LogP contribution >= 0.6 is 0 Å². The fraction of sp³-hybridized carbons (Fsp3) is 0.357. The molecule has 1 aliphatic rings. The molecule has 152 valence electrons. The fourth-order valence-electron chi connectivity index (χ4n) is 2.79. The fourth-order valence-corrected chi connectivity index (χ4v) is 4.36. The zero-order valence-corrected chi connectivity index (χ0v) is 14.9. The number of carboxylic acids is 1. The van der Waals surface area contributed by atoms with Gasteiger partial charge in [0.1, 0.15) is 6.04 Å². The van der Waals surface area contributed by atoms with Crippen LogP contribution in [0.5, 0.6) is 0 Å². The molecule has 4 N–H and O–H groups in total. The summed E-state index contributed by atoms with van der Waals surface area (Å²) < 4.78 is 64.4. The molecule has 28 heavy (non-hydrogen) atoms. The summed E-state index contributed by atoms with van der Waals surface area (Å²) in [5, 5.41) is 15.7. The first-order valence-corrected chi connectivity index (χ1v) is 9.29. The number of benzene rings is 1. The molecule has 10 nitrogen and oxygen atoms in total. The van der Waals surface area contributed by atoms with Crippen molar-refractivity contribution in [3.8, 4) is 0 Å². The molecular formula is C14H15F3N6O4S. The number of nitrogens with one attached hydrogen (secondary N) is 1. The number of anilines is 2. The first kappa shape index (κ1) is 19.9. The minimum Gasteiger partial charge on any atom is -0.480 e. The summed E-state index contributed by atoms with van der Waals surface area (Å²) in [6.45, 7) is -0.414. The number of aliphatic carboxylic acids is 1. The molecule has 2 heterocycles. The zero-order valence-electron chi connectivity index (χ0n) is 14.1. The van der Waals surface area contributed by atoms with Crippen LogP contribution in [0.25, 0.3) is 0 Å². The average Bonchev–Trinajstić information content (AvgIpc) is 3.07. The summed E-state index contributed by atoms with van der Waals surface area (Å²) in [7, 11) is -4.33. The first-order chi connectivity index (χ1) is 13.0. The largest absolute Gasteiger partial charge is 0.480 e. The Morgan fingerprint density at radius 3 is 2.39 bits per heavy atom. The summed E-state index contributed by atoms with van der Waals surface area (Å²) in [4.78, 5) is 16.6. The Balaban J connectivity index is 1.87. The number of aromatic nitrogens is 3. The van der Waals surface area contributed by atoms with Crippen molar-refractivity contribution in [3.05, 3.63) is 29.8 Å². The Morgan fingerprint density at radius 2 is 1.89 bits per heavy atom. The summed E-state index contributed by atoms with van der Waals surface area (Å²) in [5.74, 6) is -1.28. The molecule has 0 aliphatic carbocycles. The van der Waals surface area contributed by atoms with Crippen molar-refractivity contribution in [2.45, 2.75) is 17.1 Å². The number of halogens is 3. The third-order valence-corrected chi connectivity index (χ3v) is 6.10.